The van der Waals surface area contributed by atoms with Gasteiger partial charge in [0.1, 0.15) is 5.82 Å². The van der Waals surface area contributed by atoms with Crippen LogP contribution in [0.5, 0.6) is 0 Å². The molecule has 0 fully saturated rings. The highest BCUT2D eigenvalue weighted by Crippen LogP contribution is 2.23. The average molecular weight is 439 g/mol. The fraction of sp³-hybridized carbons (Fsp3) is 0.0870. The molecule has 0 unspecified atom stereocenters. The normalized spacial score (nSPS) is 10.7. The molecular weight excluding hydrogens is 419 g/mol. The van der Waals surface area contributed by atoms with Crippen LogP contribution in [0.25, 0.3) is 0 Å². The molecule has 3 aromatic rings. The first-order valence-corrected chi connectivity index (χ1v) is 9.73. The zero-order chi connectivity index (χ0) is 22.4. The molecule has 3 N–H and O–H groups in total. The Kier molecular flexibility index (Phi) is 6.99. The van der Waals surface area contributed by atoms with Gasteiger partial charge in [-0.25, -0.2) is 9.82 Å². The van der Waals surface area contributed by atoms with Gasteiger partial charge in [0.2, 0.25) is 0 Å². The van der Waals surface area contributed by atoms with E-state index in [4.69, 9.17) is 11.6 Å². The number of anilines is 3. The topological polar surface area (TPSA) is 82.6 Å². The molecule has 158 valence electrons. The standard InChI is InChI=1S/C23H20ClFN4O2/c1-14-3-8-19(9-4-14)27-20-10-6-17(24)11-16(20)13-26-29-23(31)22(30)28-21-12-18(25)7-5-15(21)2/h3-13,27H,1-2H3,(H,28,30)(H,29,31)/b26-13-. The maximum atomic E-state index is 13.3. The maximum absolute atomic E-state index is 13.3. The molecule has 0 spiro atoms. The average Bonchev–Trinajstić information content (AvgIpc) is 2.74. The summed E-state index contributed by atoms with van der Waals surface area (Å²) < 4.78 is 13.3. The Morgan fingerprint density at radius 3 is 2.42 bits per heavy atom. The van der Waals surface area contributed by atoms with Crippen molar-refractivity contribution in [2.75, 3.05) is 10.6 Å². The SMILES string of the molecule is Cc1ccc(Nc2ccc(Cl)cc2/C=N\NC(=O)C(=O)Nc2cc(F)ccc2C)cc1. The first-order valence-electron chi connectivity index (χ1n) is 9.35. The summed E-state index contributed by atoms with van der Waals surface area (Å²) in [6, 6.07) is 16.9. The summed E-state index contributed by atoms with van der Waals surface area (Å²) >= 11 is 6.08. The van der Waals surface area contributed by atoms with Crippen molar-refractivity contribution in [1.29, 1.82) is 0 Å². The minimum Gasteiger partial charge on any atom is -0.355 e. The van der Waals surface area contributed by atoms with Gasteiger partial charge < -0.3 is 10.6 Å². The van der Waals surface area contributed by atoms with Gasteiger partial charge >= 0.3 is 11.8 Å². The third kappa shape index (κ3) is 6.13. The second kappa shape index (κ2) is 9.86. The summed E-state index contributed by atoms with van der Waals surface area (Å²) in [5.41, 5.74) is 6.32. The van der Waals surface area contributed by atoms with E-state index in [1.165, 1.54) is 18.3 Å². The van der Waals surface area contributed by atoms with Crippen molar-refractivity contribution in [3.05, 3.63) is 88.2 Å². The van der Waals surface area contributed by atoms with Gasteiger partial charge in [0.15, 0.2) is 0 Å². The van der Waals surface area contributed by atoms with Gasteiger partial charge in [-0.1, -0.05) is 35.4 Å². The summed E-state index contributed by atoms with van der Waals surface area (Å²) in [5.74, 6) is -2.47. The number of nitrogens with zero attached hydrogens (tertiary/aromatic N) is 1. The number of carbonyl (C=O) groups excluding carboxylic acids is 2. The first kappa shape index (κ1) is 22.0. The number of aryl methyl sites for hydroxylation is 2. The number of rotatable bonds is 5. The highest BCUT2D eigenvalue weighted by molar-refractivity contribution is 6.39. The number of nitrogens with one attached hydrogen (secondary N) is 3. The maximum Gasteiger partial charge on any atom is 0.329 e. The van der Waals surface area contributed by atoms with E-state index in [-0.39, 0.29) is 5.69 Å². The largest absolute Gasteiger partial charge is 0.355 e. The van der Waals surface area contributed by atoms with Crippen LogP contribution in [-0.4, -0.2) is 18.0 Å². The molecule has 0 aliphatic heterocycles. The number of halogens is 2. The van der Waals surface area contributed by atoms with Crippen molar-refractivity contribution in [2.24, 2.45) is 5.10 Å². The molecule has 0 saturated heterocycles. The zero-order valence-corrected chi connectivity index (χ0v) is 17.6. The lowest BCUT2D eigenvalue weighted by Crippen LogP contribution is -2.32. The molecule has 6 nitrogen and oxygen atoms in total. The lowest BCUT2D eigenvalue weighted by molar-refractivity contribution is -0.136. The van der Waals surface area contributed by atoms with Crippen LogP contribution in [0.15, 0.2) is 65.8 Å². The van der Waals surface area contributed by atoms with Crippen molar-refractivity contribution in [1.82, 2.24) is 5.43 Å². The summed E-state index contributed by atoms with van der Waals surface area (Å²) in [6.45, 7) is 3.69. The Labute approximate surface area is 184 Å². The molecule has 31 heavy (non-hydrogen) atoms. The molecule has 8 heteroatoms. The summed E-state index contributed by atoms with van der Waals surface area (Å²) in [6.07, 6.45) is 1.38. The minimum atomic E-state index is -0.991. The quantitative estimate of drug-likeness (QED) is 0.300. The smallest absolute Gasteiger partial charge is 0.329 e. The Bertz CT molecular complexity index is 1150. The number of hydrogen-bond acceptors (Lipinski definition) is 4. The molecular formula is C23H20ClFN4O2. The van der Waals surface area contributed by atoms with Gasteiger partial charge in [0, 0.05) is 27.6 Å². The van der Waals surface area contributed by atoms with Crippen molar-refractivity contribution in [2.45, 2.75) is 13.8 Å². The summed E-state index contributed by atoms with van der Waals surface area (Å²) in [7, 11) is 0. The van der Waals surface area contributed by atoms with E-state index < -0.39 is 17.6 Å². The molecule has 0 aliphatic carbocycles. The van der Waals surface area contributed by atoms with Gasteiger partial charge in [-0.15, -0.1) is 0 Å². The molecule has 0 saturated carbocycles. The molecule has 0 bridgehead atoms. The number of hydrogen-bond donors (Lipinski definition) is 3. The van der Waals surface area contributed by atoms with Crippen LogP contribution in [0.2, 0.25) is 5.02 Å². The number of hydrazone groups is 1. The fourth-order valence-electron chi connectivity index (χ4n) is 2.67. The van der Waals surface area contributed by atoms with E-state index in [0.717, 1.165) is 17.3 Å². The first-order chi connectivity index (χ1) is 14.8. The Morgan fingerprint density at radius 1 is 0.935 bits per heavy atom. The van der Waals surface area contributed by atoms with Crippen LogP contribution < -0.4 is 16.1 Å². The van der Waals surface area contributed by atoms with Crippen molar-refractivity contribution in [3.63, 3.8) is 0 Å². The zero-order valence-electron chi connectivity index (χ0n) is 16.9. The Balaban J connectivity index is 1.67. The lowest BCUT2D eigenvalue weighted by atomic mass is 10.1. The predicted octanol–water partition coefficient (Wildman–Crippen LogP) is 4.93. The van der Waals surface area contributed by atoms with E-state index >= 15 is 0 Å². The summed E-state index contributed by atoms with van der Waals surface area (Å²) in [4.78, 5) is 24.1. The van der Waals surface area contributed by atoms with Gasteiger partial charge in [-0.05, 0) is 61.9 Å². The van der Waals surface area contributed by atoms with E-state index in [2.05, 4.69) is 21.2 Å². The summed E-state index contributed by atoms with van der Waals surface area (Å²) in [5, 5.41) is 9.94. The van der Waals surface area contributed by atoms with Gasteiger partial charge in [-0.2, -0.15) is 5.10 Å². The van der Waals surface area contributed by atoms with Crippen LogP contribution >= 0.6 is 11.6 Å². The fourth-order valence-corrected chi connectivity index (χ4v) is 2.85. The van der Waals surface area contributed by atoms with E-state index in [0.29, 0.717) is 21.8 Å². The van der Waals surface area contributed by atoms with Gasteiger partial charge in [0.25, 0.3) is 0 Å². The van der Waals surface area contributed by atoms with Crippen LogP contribution in [0.1, 0.15) is 16.7 Å². The molecule has 3 aromatic carbocycles. The lowest BCUT2D eigenvalue weighted by Gasteiger charge is -2.10. The number of benzene rings is 3. The number of amides is 2. The van der Waals surface area contributed by atoms with Gasteiger partial charge in [-0.3, -0.25) is 9.59 Å². The van der Waals surface area contributed by atoms with Crippen LogP contribution in [0.4, 0.5) is 21.5 Å². The Hall–Kier alpha value is -3.71. The van der Waals surface area contributed by atoms with Crippen LogP contribution in [0.3, 0.4) is 0 Å². The highest BCUT2D eigenvalue weighted by atomic mass is 35.5. The third-order valence-corrected chi connectivity index (χ3v) is 4.60. The van der Waals surface area contributed by atoms with Gasteiger partial charge in [0.05, 0.1) is 6.21 Å². The second-order valence-electron chi connectivity index (χ2n) is 6.84. The minimum absolute atomic E-state index is 0.212. The molecule has 0 heterocycles. The van der Waals surface area contributed by atoms with E-state index in [1.807, 2.05) is 31.2 Å². The molecule has 0 radical (unpaired) electrons. The molecule has 0 atom stereocenters. The second-order valence-corrected chi connectivity index (χ2v) is 7.27. The molecule has 0 aromatic heterocycles. The predicted molar refractivity (Wildman–Crippen MR) is 121 cm³/mol. The van der Waals surface area contributed by atoms with Crippen LogP contribution in [-0.2, 0) is 9.59 Å². The third-order valence-electron chi connectivity index (χ3n) is 4.37. The van der Waals surface area contributed by atoms with Crippen molar-refractivity contribution < 1.29 is 14.0 Å². The number of carbonyl (C=O) groups is 2. The van der Waals surface area contributed by atoms with Crippen LogP contribution in [0, 0.1) is 19.7 Å². The molecule has 0 aliphatic rings. The van der Waals surface area contributed by atoms with E-state index in [1.54, 1.807) is 25.1 Å². The Morgan fingerprint density at radius 2 is 1.68 bits per heavy atom. The molecule has 3 rings (SSSR count). The highest BCUT2D eigenvalue weighted by Gasteiger charge is 2.14. The van der Waals surface area contributed by atoms with E-state index in [9.17, 15) is 14.0 Å². The van der Waals surface area contributed by atoms with Crippen molar-refractivity contribution >= 4 is 46.7 Å². The van der Waals surface area contributed by atoms with Crippen molar-refractivity contribution in [3.8, 4) is 0 Å². The molecule has 2 amide bonds. The monoisotopic (exact) mass is 438 g/mol.